The molecule has 0 atom stereocenters. The molecule has 28 heavy (non-hydrogen) atoms. The van der Waals surface area contributed by atoms with Crippen molar-refractivity contribution in [2.45, 2.75) is 33.7 Å². The summed E-state index contributed by atoms with van der Waals surface area (Å²) in [6.07, 6.45) is 0.730. The van der Waals surface area contributed by atoms with Gasteiger partial charge in [-0.3, -0.25) is 9.52 Å². The van der Waals surface area contributed by atoms with Gasteiger partial charge in [0.25, 0.3) is 0 Å². The van der Waals surface area contributed by atoms with E-state index in [1.165, 1.54) is 0 Å². The number of hydrogen-bond acceptors (Lipinski definition) is 4. The summed E-state index contributed by atoms with van der Waals surface area (Å²) in [5.74, 6) is 0.694. The first kappa shape index (κ1) is 19.9. The van der Waals surface area contributed by atoms with Gasteiger partial charge in [0.15, 0.2) is 0 Å². The number of nitrogens with one attached hydrogen (secondary N) is 2. The highest BCUT2D eigenvalue weighted by atomic mass is 32.2. The summed E-state index contributed by atoms with van der Waals surface area (Å²) in [5.41, 5.74) is 3.65. The van der Waals surface area contributed by atoms with Crippen LogP contribution in [0.4, 0.5) is 11.4 Å². The van der Waals surface area contributed by atoms with Crippen LogP contribution in [0.25, 0.3) is 11.0 Å². The third-order valence-electron chi connectivity index (χ3n) is 4.51. The third-order valence-corrected chi connectivity index (χ3v) is 5.80. The fraction of sp³-hybridized carbons (Fsp3) is 0.300. The lowest BCUT2D eigenvalue weighted by Gasteiger charge is -2.13. The minimum Gasteiger partial charge on any atom is -0.325 e. The predicted octanol–water partition coefficient (Wildman–Crippen LogP) is 3.31. The van der Waals surface area contributed by atoms with E-state index in [2.05, 4.69) is 15.0 Å². The molecular weight excluding hydrogens is 376 g/mol. The second kappa shape index (κ2) is 8.02. The topological polar surface area (TPSA) is 93.1 Å². The number of sulfonamides is 1. The van der Waals surface area contributed by atoms with Gasteiger partial charge in [0.05, 0.1) is 22.5 Å². The Bertz CT molecular complexity index is 1120. The van der Waals surface area contributed by atoms with Crippen molar-refractivity contribution in [2.75, 3.05) is 15.8 Å². The molecule has 0 saturated heterocycles. The molecule has 3 rings (SSSR count). The molecule has 0 aliphatic heterocycles. The zero-order chi connectivity index (χ0) is 20.3. The fourth-order valence-corrected chi connectivity index (χ4v) is 3.72. The van der Waals surface area contributed by atoms with Crippen LogP contribution in [-0.2, 0) is 27.8 Å². The lowest BCUT2D eigenvalue weighted by Crippen LogP contribution is -2.20. The molecule has 1 aromatic heterocycles. The van der Waals surface area contributed by atoms with Crippen molar-refractivity contribution in [3.8, 4) is 0 Å². The number of aromatic nitrogens is 2. The molecule has 8 heteroatoms. The van der Waals surface area contributed by atoms with Crippen LogP contribution >= 0.6 is 0 Å². The normalized spacial score (nSPS) is 11.5. The van der Waals surface area contributed by atoms with Gasteiger partial charge in [-0.05, 0) is 49.7 Å². The first-order chi connectivity index (χ1) is 13.3. The van der Waals surface area contributed by atoms with Crippen LogP contribution in [0, 0.1) is 6.92 Å². The van der Waals surface area contributed by atoms with Crippen LogP contribution in [0.3, 0.4) is 0 Å². The molecule has 7 nitrogen and oxygen atoms in total. The minimum absolute atomic E-state index is 0.00352. The first-order valence-corrected chi connectivity index (χ1v) is 10.8. The van der Waals surface area contributed by atoms with Gasteiger partial charge in [0.2, 0.25) is 15.9 Å². The van der Waals surface area contributed by atoms with Crippen molar-refractivity contribution >= 4 is 38.3 Å². The lowest BCUT2D eigenvalue weighted by molar-refractivity contribution is -0.116. The number of hydrogen-bond donors (Lipinski definition) is 2. The van der Waals surface area contributed by atoms with Gasteiger partial charge in [-0.15, -0.1) is 0 Å². The van der Waals surface area contributed by atoms with Gasteiger partial charge < -0.3 is 9.88 Å². The summed E-state index contributed by atoms with van der Waals surface area (Å²) in [7, 11) is -3.34. The molecule has 1 amide bonds. The number of aryl methyl sites for hydroxylation is 2. The Kier molecular flexibility index (Phi) is 5.69. The Morgan fingerprint density at radius 1 is 1.14 bits per heavy atom. The van der Waals surface area contributed by atoms with Crippen molar-refractivity contribution in [2.24, 2.45) is 0 Å². The maximum atomic E-state index is 12.6. The molecule has 0 aliphatic rings. The Morgan fingerprint density at radius 3 is 2.57 bits per heavy atom. The molecule has 0 radical (unpaired) electrons. The molecule has 0 aliphatic carbocycles. The number of carbonyl (C=O) groups is 1. The van der Waals surface area contributed by atoms with Gasteiger partial charge in [-0.1, -0.05) is 19.1 Å². The molecule has 2 N–H and O–H groups in total. The quantitative estimate of drug-likeness (QED) is 0.636. The van der Waals surface area contributed by atoms with Gasteiger partial charge in [-0.25, -0.2) is 13.4 Å². The highest BCUT2D eigenvalue weighted by Gasteiger charge is 2.13. The second-order valence-corrected chi connectivity index (χ2v) is 8.55. The summed E-state index contributed by atoms with van der Waals surface area (Å²) in [6.45, 7) is 5.54. The Labute approximate surface area is 164 Å². The molecule has 1 heterocycles. The van der Waals surface area contributed by atoms with Gasteiger partial charge >= 0.3 is 0 Å². The van der Waals surface area contributed by atoms with Crippen LogP contribution in [0.1, 0.15) is 25.2 Å². The van der Waals surface area contributed by atoms with E-state index in [4.69, 9.17) is 0 Å². The standard InChI is InChI=1S/C20H24N4O3S/c1-4-19-22-17-8-6-7-9-18(17)24(19)13-20(25)21-15-10-11-16(14(3)12-15)23-28(26,27)5-2/h6-12,23H,4-5,13H2,1-3H3,(H,21,25). The third kappa shape index (κ3) is 4.33. The maximum Gasteiger partial charge on any atom is 0.244 e. The van der Waals surface area contributed by atoms with E-state index in [9.17, 15) is 13.2 Å². The SMILES string of the molecule is CCc1nc2ccccc2n1CC(=O)Nc1ccc(NS(=O)(=O)CC)c(C)c1. The van der Waals surface area contributed by atoms with E-state index in [0.29, 0.717) is 11.4 Å². The van der Waals surface area contributed by atoms with Gasteiger partial charge in [0, 0.05) is 12.1 Å². The number of rotatable bonds is 7. The zero-order valence-electron chi connectivity index (χ0n) is 16.2. The number of anilines is 2. The Morgan fingerprint density at radius 2 is 1.89 bits per heavy atom. The number of nitrogens with zero attached hydrogens (tertiary/aromatic N) is 2. The molecule has 0 bridgehead atoms. The van der Waals surface area contributed by atoms with Crippen molar-refractivity contribution in [3.05, 3.63) is 53.9 Å². The highest BCUT2D eigenvalue weighted by Crippen LogP contribution is 2.21. The van der Waals surface area contributed by atoms with Crippen LogP contribution in [0.5, 0.6) is 0 Å². The van der Waals surface area contributed by atoms with Crippen molar-refractivity contribution in [1.29, 1.82) is 0 Å². The van der Waals surface area contributed by atoms with Crippen LogP contribution in [0.2, 0.25) is 0 Å². The summed E-state index contributed by atoms with van der Waals surface area (Å²) < 4.78 is 27.9. The molecule has 148 valence electrons. The van der Waals surface area contributed by atoms with E-state index in [-0.39, 0.29) is 18.2 Å². The molecule has 0 fully saturated rings. The minimum atomic E-state index is -3.34. The summed E-state index contributed by atoms with van der Waals surface area (Å²) in [5, 5.41) is 2.88. The number of benzene rings is 2. The molecule has 0 unspecified atom stereocenters. The van der Waals surface area contributed by atoms with Crippen LogP contribution in [-0.4, -0.2) is 29.6 Å². The molecular formula is C20H24N4O3S. The smallest absolute Gasteiger partial charge is 0.244 e. The van der Waals surface area contributed by atoms with Crippen LogP contribution in [0.15, 0.2) is 42.5 Å². The number of amides is 1. The highest BCUT2D eigenvalue weighted by molar-refractivity contribution is 7.92. The van der Waals surface area contributed by atoms with Gasteiger partial charge in [-0.2, -0.15) is 0 Å². The summed E-state index contributed by atoms with van der Waals surface area (Å²) >= 11 is 0. The average Bonchev–Trinajstić information content (AvgIpc) is 3.01. The van der Waals surface area contributed by atoms with Crippen LogP contribution < -0.4 is 10.0 Å². The second-order valence-electron chi connectivity index (χ2n) is 6.54. The average molecular weight is 401 g/mol. The maximum absolute atomic E-state index is 12.6. The van der Waals surface area contributed by atoms with E-state index in [1.807, 2.05) is 35.8 Å². The molecule has 0 saturated carbocycles. The van der Waals surface area contributed by atoms with Crippen molar-refractivity contribution in [3.63, 3.8) is 0 Å². The van der Waals surface area contributed by atoms with E-state index >= 15 is 0 Å². The first-order valence-electron chi connectivity index (χ1n) is 9.18. The number of fused-ring (bicyclic) bond motifs is 1. The van der Waals surface area contributed by atoms with Crippen molar-refractivity contribution in [1.82, 2.24) is 9.55 Å². The zero-order valence-corrected chi connectivity index (χ0v) is 17.0. The molecule has 0 spiro atoms. The van der Waals surface area contributed by atoms with Gasteiger partial charge in [0.1, 0.15) is 12.4 Å². The van der Waals surface area contributed by atoms with E-state index < -0.39 is 10.0 Å². The number of imidazole rings is 1. The molecule has 3 aromatic rings. The van der Waals surface area contributed by atoms with Crippen molar-refractivity contribution < 1.29 is 13.2 Å². The number of para-hydroxylation sites is 2. The largest absolute Gasteiger partial charge is 0.325 e. The monoisotopic (exact) mass is 400 g/mol. The lowest BCUT2D eigenvalue weighted by atomic mass is 10.2. The summed E-state index contributed by atoms with van der Waals surface area (Å²) in [6, 6.07) is 12.8. The number of carbonyl (C=O) groups excluding carboxylic acids is 1. The predicted molar refractivity (Wildman–Crippen MR) is 112 cm³/mol. The Hall–Kier alpha value is -2.87. The fourth-order valence-electron chi connectivity index (χ4n) is 3.01. The summed E-state index contributed by atoms with van der Waals surface area (Å²) in [4.78, 5) is 17.2. The van der Waals surface area contributed by atoms with E-state index in [1.54, 1.807) is 32.0 Å². The van der Waals surface area contributed by atoms with E-state index in [0.717, 1.165) is 28.8 Å². The molecule has 2 aromatic carbocycles. The Balaban J connectivity index is 1.76.